The Morgan fingerprint density at radius 1 is 1.13 bits per heavy atom. The van der Waals surface area contributed by atoms with Gasteiger partial charge in [-0.25, -0.2) is 4.79 Å². The molecule has 23 heavy (non-hydrogen) atoms. The topological polar surface area (TPSA) is 63.6 Å². The number of aliphatic carboxylic acids is 1. The summed E-state index contributed by atoms with van der Waals surface area (Å²) in [4.78, 5) is 22.9. The minimum Gasteiger partial charge on any atom is -0.481 e. The van der Waals surface area contributed by atoms with E-state index < -0.39 is 17.5 Å². The van der Waals surface area contributed by atoms with Gasteiger partial charge in [-0.1, -0.05) is 36.4 Å². The molecule has 1 aromatic rings. The van der Waals surface area contributed by atoms with Gasteiger partial charge in [0.2, 0.25) is 0 Å². The first kappa shape index (κ1) is 18.9. The number of hydrogen-bond acceptors (Lipinski definition) is 3. The average molecular weight is 318 g/mol. The summed E-state index contributed by atoms with van der Waals surface area (Å²) in [5.41, 5.74) is 0.892. The first-order valence-electron chi connectivity index (χ1n) is 7.96. The summed E-state index contributed by atoms with van der Waals surface area (Å²) in [6.45, 7) is 5.30. The molecular formula is C19H26O4. The number of carbonyl (C=O) groups excluding carboxylic acids is 1. The molecule has 0 aliphatic rings. The molecule has 1 aromatic carbocycles. The van der Waals surface area contributed by atoms with Gasteiger partial charge in [0, 0.05) is 5.57 Å². The highest BCUT2D eigenvalue weighted by atomic mass is 16.6. The number of ether oxygens (including phenoxy) is 1. The Hall–Kier alpha value is -2.10. The van der Waals surface area contributed by atoms with E-state index in [1.54, 1.807) is 26.8 Å². The molecule has 0 aliphatic heterocycles. The molecule has 1 rings (SSSR count). The number of esters is 1. The van der Waals surface area contributed by atoms with Crippen LogP contribution in [-0.4, -0.2) is 22.6 Å². The SMILES string of the molecule is CC(C)(C)OC(=O)C(=CCCCCc1ccccc1)CC(=O)O. The van der Waals surface area contributed by atoms with E-state index in [0.717, 1.165) is 19.3 Å². The zero-order valence-electron chi connectivity index (χ0n) is 14.2. The lowest BCUT2D eigenvalue weighted by atomic mass is 10.1. The molecule has 126 valence electrons. The summed E-state index contributed by atoms with van der Waals surface area (Å²) in [7, 11) is 0. The Morgan fingerprint density at radius 2 is 1.78 bits per heavy atom. The van der Waals surface area contributed by atoms with Crippen molar-refractivity contribution < 1.29 is 19.4 Å². The molecule has 0 amide bonds. The van der Waals surface area contributed by atoms with Gasteiger partial charge in [-0.2, -0.15) is 0 Å². The fourth-order valence-electron chi connectivity index (χ4n) is 2.13. The molecule has 1 N–H and O–H groups in total. The van der Waals surface area contributed by atoms with Gasteiger partial charge in [-0.05, 0) is 52.0 Å². The molecule has 0 spiro atoms. The molecule has 4 heteroatoms. The molecule has 0 bridgehead atoms. The highest BCUT2D eigenvalue weighted by molar-refractivity contribution is 5.93. The highest BCUT2D eigenvalue weighted by Gasteiger charge is 2.21. The maximum atomic E-state index is 12.0. The number of hydrogen-bond donors (Lipinski definition) is 1. The minimum absolute atomic E-state index is 0.229. The van der Waals surface area contributed by atoms with Gasteiger partial charge in [0.05, 0.1) is 6.42 Å². The second-order valence-electron chi connectivity index (χ2n) is 6.53. The third kappa shape index (κ3) is 8.81. The van der Waals surface area contributed by atoms with Crippen LogP contribution in [0.5, 0.6) is 0 Å². The Labute approximate surface area is 138 Å². The van der Waals surface area contributed by atoms with Crippen molar-refractivity contribution in [1.82, 2.24) is 0 Å². The number of benzene rings is 1. The van der Waals surface area contributed by atoms with E-state index in [1.807, 2.05) is 18.2 Å². The van der Waals surface area contributed by atoms with Crippen LogP contribution in [-0.2, 0) is 20.7 Å². The third-order valence-corrected chi connectivity index (χ3v) is 3.16. The van der Waals surface area contributed by atoms with Crippen LogP contribution in [0.15, 0.2) is 42.0 Å². The van der Waals surface area contributed by atoms with Crippen LogP contribution in [0.25, 0.3) is 0 Å². The third-order valence-electron chi connectivity index (χ3n) is 3.16. The first-order valence-corrected chi connectivity index (χ1v) is 7.96. The van der Waals surface area contributed by atoms with Crippen molar-refractivity contribution in [2.75, 3.05) is 0 Å². The Kier molecular flexibility index (Phi) is 7.52. The van der Waals surface area contributed by atoms with E-state index in [4.69, 9.17) is 9.84 Å². The van der Waals surface area contributed by atoms with Crippen LogP contribution in [0.1, 0.15) is 52.0 Å². The summed E-state index contributed by atoms with van der Waals surface area (Å²) < 4.78 is 5.26. The monoisotopic (exact) mass is 318 g/mol. The van der Waals surface area contributed by atoms with Crippen molar-refractivity contribution in [3.05, 3.63) is 47.5 Å². The maximum Gasteiger partial charge on any atom is 0.334 e. The van der Waals surface area contributed by atoms with Crippen molar-refractivity contribution in [1.29, 1.82) is 0 Å². The second-order valence-corrected chi connectivity index (χ2v) is 6.53. The maximum absolute atomic E-state index is 12.0. The first-order chi connectivity index (χ1) is 10.8. The Bertz CT molecular complexity index is 538. The van der Waals surface area contributed by atoms with E-state index in [9.17, 15) is 9.59 Å². The number of rotatable bonds is 8. The minimum atomic E-state index is -1.02. The molecule has 0 aliphatic carbocycles. The van der Waals surface area contributed by atoms with Gasteiger partial charge in [0.1, 0.15) is 5.60 Å². The highest BCUT2D eigenvalue weighted by Crippen LogP contribution is 2.15. The van der Waals surface area contributed by atoms with E-state index >= 15 is 0 Å². The molecule has 4 nitrogen and oxygen atoms in total. The predicted molar refractivity (Wildman–Crippen MR) is 90.2 cm³/mol. The van der Waals surface area contributed by atoms with Crippen molar-refractivity contribution in [2.45, 2.75) is 58.5 Å². The average Bonchev–Trinajstić information content (AvgIpc) is 2.44. The number of allylic oxidation sites excluding steroid dienone is 1. The molecule has 0 saturated heterocycles. The molecule has 0 unspecified atom stereocenters. The number of unbranched alkanes of at least 4 members (excludes halogenated alkanes) is 2. The predicted octanol–water partition coefficient (Wildman–Crippen LogP) is 4.14. The lowest BCUT2D eigenvalue weighted by Crippen LogP contribution is -2.25. The number of aryl methyl sites for hydroxylation is 1. The summed E-state index contributed by atoms with van der Waals surface area (Å²) in [6, 6.07) is 10.2. The number of carbonyl (C=O) groups is 2. The molecule has 0 heterocycles. The lowest BCUT2D eigenvalue weighted by molar-refractivity contribution is -0.151. The van der Waals surface area contributed by atoms with E-state index in [-0.39, 0.29) is 12.0 Å². The Balaban J connectivity index is 2.49. The molecule has 0 atom stereocenters. The summed E-state index contributed by atoms with van der Waals surface area (Å²) in [5.74, 6) is -1.56. The molecule has 0 fully saturated rings. The number of carboxylic acid groups (broad SMARTS) is 1. The van der Waals surface area contributed by atoms with Crippen LogP contribution >= 0.6 is 0 Å². The zero-order valence-corrected chi connectivity index (χ0v) is 14.2. The van der Waals surface area contributed by atoms with Crippen molar-refractivity contribution in [3.8, 4) is 0 Å². The summed E-state index contributed by atoms with van der Waals surface area (Å²) in [6.07, 6.45) is 4.96. The molecule has 0 aromatic heterocycles. The van der Waals surface area contributed by atoms with Crippen LogP contribution in [0.3, 0.4) is 0 Å². The zero-order chi connectivity index (χ0) is 17.3. The van der Waals surface area contributed by atoms with Gasteiger partial charge >= 0.3 is 11.9 Å². The normalized spacial score (nSPS) is 12.0. The van der Waals surface area contributed by atoms with E-state index in [1.165, 1.54) is 5.56 Å². The lowest BCUT2D eigenvalue weighted by Gasteiger charge is -2.20. The second kappa shape index (κ2) is 9.13. The van der Waals surface area contributed by atoms with Crippen LogP contribution < -0.4 is 0 Å². The number of carboxylic acids is 1. The van der Waals surface area contributed by atoms with Crippen molar-refractivity contribution >= 4 is 11.9 Å². The van der Waals surface area contributed by atoms with E-state index in [0.29, 0.717) is 6.42 Å². The van der Waals surface area contributed by atoms with Gasteiger partial charge in [0.15, 0.2) is 0 Å². The largest absolute Gasteiger partial charge is 0.481 e. The summed E-state index contributed by atoms with van der Waals surface area (Å²) in [5, 5.41) is 8.93. The van der Waals surface area contributed by atoms with Gasteiger partial charge < -0.3 is 9.84 Å². The molecule has 0 radical (unpaired) electrons. The molecule has 0 saturated carbocycles. The van der Waals surface area contributed by atoms with E-state index in [2.05, 4.69) is 12.1 Å². The van der Waals surface area contributed by atoms with Crippen molar-refractivity contribution in [3.63, 3.8) is 0 Å². The van der Waals surface area contributed by atoms with Crippen molar-refractivity contribution in [2.24, 2.45) is 0 Å². The smallest absolute Gasteiger partial charge is 0.334 e. The van der Waals surface area contributed by atoms with Crippen LogP contribution in [0.4, 0.5) is 0 Å². The quantitative estimate of drug-likeness (QED) is 0.444. The standard InChI is InChI=1S/C19H26O4/c1-19(2,3)23-18(22)16(14-17(20)21)13-9-5-8-12-15-10-6-4-7-11-15/h4,6-7,10-11,13H,5,8-9,12,14H2,1-3H3,(H,20,21). The van der Waals surface area contributed by atoms with Crippen LogP contribution in [0, 0.1) is 0 Å². The van der Waals surface area contributed by atoms with Gasteiger partial charge in [-0.15, -0.1) is 0 Å². The van der Waals surface area contributed by atoms with Gasteiger partial charge in [0.25, 0.3) is 0 Å². The fraction of sp³-hybridized carbons (Fsp3) is 0.474. The van der Waals surface area contributed by atoms with Gasteiger partial charge in [-0.3, -0.25) is 4.79 Å². The Morgan fingerprint density at radius 3 is 2.35 bits per heavy atom. The fourth-order valence-corrected chi connectivity index (χ4v) is 2.13. The summed E-state index contributed by atoms with van der Waals surface area (Å²) >= 11 is 0. The van der Waals surface area contributed by atoms with Crippen LogP contribution in [0.2, 0.25) is 0 Å². The molecular weight excluding hydrogens is 292 g/mol.